The second kappa shape index (κ2) is 10.9. The van der Waals surface area contributed by atoms with Crippen molar-refractivity contribution in [1.82, 2.24) is 0 Å². The van der Waals surface area contributed by atoms with Gasteiger partial charge in [0.25, 0.3) is 0 Å². The molecule has 1 aromatic carbocycles. The molecule has 160 valence electrons. The van der Waals surface area contributed by atoms with Crippen LogP contribution in [0.2, 0.25) is 0 Å². The molecule has 0 aromatic heterocycles. The van der Waals surface area contributed by atoms with E-state index in [1.165, 1.54) is 39.2 Å². The Labute approximate surface area is 175 Å². The topological polar surface area (TPSA) is 9.23 Å². The fourth-order valence-electron chi connectivity index (χ4n) is 5.20. The average molecular weight is 403 g/mol. The summed E-state index contributed by atoms with van der Waals surface area (Å²) in [5, 5.41) is 0. The SMILES string of the molecule is C/C=C/C1CCC(/C=C/CCC2CCC(c3ccc(OC)c(F)c3F)CC2)CC1. The molecule has 1 aromatic rings. The maximum absolute atomic E-state index is 14.4. The van der Waals surface area contributed by atoms with Crippen LogP contribution >= 0.6 is 0 Å². The minimum absolute atomic E-state index is 0.0120. The number of benzene rings is 1. The molecular formula is C26H36F2O. The summed E-state index contributed by atoms with van der Waals surface area (Å²) in [6.45, 7) is 2.12. The Balaban J connectivity index is 1.39. The van der Waals surface area contributed by atoms with Crippen molar-refractivity contribution in [3.63, 3.8) is 0 Å². The van der Waals surface area contributed by atoms with Crippen molar-refractivity contribution in [1.29, 1.82) is 0 Å². The molecule has 2 fully saturated rings. The first-order valence-corrected chi connectivity index (χ1v) is 11.4. The molecule has 0 radical (unpaired) electrons. The van der Waals surface area contributed by atoms with Gasteiger partial charge in [-0.3, -0.25) is 0 Å². The Bertz CT molecular complexity index is 693. The third kappa shape index (κ3) is 5.93. The number of hydrogen-bond donors (Lipinski definition) is 0. The zero-order valence-corrected chi connectivity index (χ0v) is 18.0. The van der Waals surface area contributed by atoms with Gasteiger partial charge in [0, 0.05) is 0 Å². The summed E-state index contributed by atoms with van der Waals surface area (Å²) in [7, 11) is 1.37. The molecule has 0 bridgehead atoms. The molecule has 0 atom stereocenters. The van der Waals surface area contributed by atoms with Crippen molar-refractivity contribution in [2.45, 2.75) is 77.0 Å². The van der Waals surface area contributed by atoms with E-state index in [2.05, 4.69) is 31.2 Å². The third-order valence-electron chi connectivity index (χ3n) is 7.01. The van der Waals surface area contributed by atoms with E-state index in [1.807, 2.05) is 0 Å². The maximum Gasteiger partial charge on any atom is 0.200 e. The molecule has 0 spiro atoms. The summed E-state index contributed by atoms with van der Waals surface area (Å²) in [4.78, 5) is 0. The Hall–Kier alpha value is -1.64. The molecule has 2 saturated carbocycles. The van der Waals surface area contributed by atoms with E-state index in [0.29, 0.717) is 11.5 Å². The van der Waals surface area contributed by atoms with Crippen molar-refractivity contribution in [2.75, 3.05) is 7.11 Å². The predicted octanol–water partition coefficient (Wildman–Crippen LogP) is 7.97. The molecule has 3 rings (SSSR count). The molecule has 0 unspecified atom stereocenters. The van der Waals surface area contributed by atoms with Crippen LogP contribution in [-0.4, -0.2) is 7.11 Å². The molecule has 0 aliphatic heterocycles. The zero-order valence-electron chi connectivity index (χ0n) is 18.0. The molecule has 2 aliphatic rings. The molecule has 0 amide bonds. The number of methoxy groups -OCH3 is 1. The Morgan fingerprint density at radius 3 is 2.17 bits per heavy atom. The Kier molecular flexibility index (Phi) is 8.32. The number of allylic oxidation sites excluding steroid dienone is 4. The van der Waals surface area contributed by atoms with Gasteiger partial charge in [-0.15, -0.1) is 0 Å². The Morgan fingerprint density at radius 2 is 1.55 bits per heavy atom. The zero-order chi connectivity index (χ0) is 20.6. The number of hydrogen-bond acceptors (Lipinski definition) is 1. The summed E-state index contributed by atoms with van der Waals surface area (Å²) in [6, 6.07) is 3.26. The molecule has 1 nitrogen and oxygen atoms in total. The highest BCUT2D eigenvalue weighted by molar-refractivity contribution is 5.33. The predicted molar refractivity (Wildman–Crippen MR) is 116 cm³/mol. The summed E-state index contributed by atoms with van der Waals surface area (Å²) in [5.41, 5.74) is 0.523. The van der Waals surface area contributed by atoms with Crippen LogP contribution in [0.1, 0.15) is 82.6 Å². The lowest BCUT2D eigenvalue weighted by Gasteiger charge is -2.29. The second-order valence-corrected chi connectivity index (χ2v) is 8.91. The van der Waals surface area contributed by atoms with Crippen LogP contribution < -0.4 is 4.74 Å². The highest BCUT2D eigenvalue weighted by Gasteiger charge is 2.26. The number of ether oxygens (including phenoxy) is 1. The number of rotatable bonds is 7. The average Bonchev–Trinajstić information content (AvgIpc) is 2.75. The molecule has 3 heteroatoms. The van der Waals surface area contributed by atoms with Gasteiger partial charge in [-0.25, -0.2) is 4.39 Å². The van der Waals surface area contributed by atoms with Crippen molar-refractivity contribution >= 4 is 0 Å². The summed E-state index contributed by atoms with van der Waals surface area (Å²) >= 11 is 0. The van der Waals surface area contributed by atoms with Gasteiger partial charge in [-0.1, -0.05) is 30.4 Å². The third-order valence-corrected chi connectivity index (χ3v) is 7.01. The molecule has 0 N–H and O–H groups in total. The van der Waals surface area contributed by atoms with Crippen molar-refractivity contribution in [3.8, 4) is 5.75 Å². The van der Waals surface area contributed by atoms with Crippen LogP contribution in [0.25, 0.3) is 0 Å². The first-order valence-electron chi connectivity index (χ1n) is 11.4. The Morgan fingerprint density at radius 1 is 0.897 bits per heavy atom. The fraction of sp³-hybridized carbons (Fsp3) is 0.615. The maximum atomic E-state index is 14.4. The van der Waals surface area contributed by atoms with Gasteiger partial charge in [0.1, 0.15) is 0 Å². The van der Waals surface area contributed by atoms with E-state index in [1.54, 1.807) is 12.1 Å². The van der Waals surface area contributed by atoms with E-state index in [4.69, 9.17) is 4.74 Å². The van der Waals surface area contributed by atoms with Crippen LogP contribution in [0.3, 0.4) is 0 Å². The smallest absolute Gasteiger partial charge is 0.200 e. The van der Waals surface area contributed by atoms with Gasteiger partial charge < -0.3 is 4.74 Å². The quantitative estimate of drug-likeness (QED) is 0.420. The number of halogens is 2. The van der Waals surface area contributed by atoms with Crippen LogP contribution in [-0.2, 0) is 0 Å². The summed E-state index contributed by atoms with van der Waals surface area (Å²) in [6.07, 6.45) is 21.2. The van der Waals surface area contributed by atoms with Crippen LogP contribution in [0.15, 0.2) is 36.4 Å². The van der Waals surface area contributed by atoms with Crippen molar-refractivity contribution in [3.05, 3.63) is 53.6 Å². The highest BCUT2D eigenvalue weighted by atomic mass is 19.2. The lowest BCUT2D eigenvalue weighted by molar-refractivity contribution is 0.303. The normalized spacial score (nSPS) is 28.3. The minimum Gasteiger partial charge on any atom is -0.494 e. The van der Waals surface area contributed by atoms with Gasteiger partial charge in [0.05, 0.1) is 7.11 Å². The minimum atomic E-state index is -0.850. The van der Waals surface area contributed by atoms with Crippen LogP contribution in [0.4, 0.5) is 8.78 Å². The van der Waals surface area contributed by atoms with E-state index < -0.39 is 11.6 Å². The molecule has 0 saturated heterocycles. The van der Waals surface area contributed by atoms with E-state index in [9.17, 15) is 8.78 Å². The van der Waals surface area contributed by atoms with Crippen molar-refractivity contribution < 1.29 is 13.5 Å². The van der Waals surface area contributed by atoms with Gasteiger partial charge in [0.15, 0.2) is 11.6 Å². The van der Waals surface area contributed by atoms with E-state index >= 15 is 0 Å². The van der Waals surface area contributed by atoms with Gasteiger partial charge in [0.2, 0.25) is 5.82 Å². The molecule has 2 aliphatic carbocycles. The lowest BCUT2D eigenvalue weighted by atomic mass is 9.77. The van der Waals surface area contributed by atoms with Gasteiger partial charge in [-0.2, -0.15) is 4.39 Å². The monoisotopic (exact) mass is 402 g/mol. The molecule has 29 heavy (non-hydrogen) atoms. The first kappa shape index (κ1) is 22.1. The van der Waals surface area contributed by atoms with Gasteiger partial charge in [-0.05, 0) is 106 Å². The molecule has 0 heterocycles. The van der Waals surface area contributed by atoms with Crippen molar-refractivity contribution in [2.24, 2.45) is 17.8 Å². The summed E-state index contributed by atoms with van der Waals surface area (Å²) < 4.78 is 33.2. The van der Waals surface area contributed by atoms with E-state index in [-0.39, 0.29) is 11.7 Å². The van der Waals surface area contributed by atoms with Gasteiger partial charge >= 0.3 is 0 Å². The van der Waals surface area contributed by atoms with Crippen LogP contribution in [0.5, 0.6) is 5.75 Å². The first-order chi connectivity index (χ1) is 14.1. The highest BCUT2D eigenvalue weighted by Crippen LogP contribution is 2.40. The summed E-state index contributed by atoms with van der Waals surface area (Å²) in [5.74, 6) is 0.824. The standard InChI is InChI=1S/C26H36F2O/c1-3-6-19-9-11-20(12-10-19)7-4-5-8-21-13-15-22(16-14-21)23-17-18-24(29-2)26(28)25(23)27/h3-4,6-7,17-22H,5,8-16H2,1-2H3/b6-3+,7-4+. The fourth-order valence-corrected chi connectivity index (χ4v) is 5.20. The second-order valence-electron chi connectivity index (χ2n) is 8.91. The largest absolute Gasteiger partial charge is 0.494 e. The lowest BCUT2D eigenvalue weighted by Crippen LogP contribution is -2.15. The van der Waals surface area contributed by atoms with E-state index in [0.717, 1.165) is 43.9 Å². The van der Waals surface area contributed by atoms with Crippen LogP contribution in [0, 0.1) is 29.4 Å². The molecular weight excluding hydrogens is 366 g/mol.